The minimum atomic E-state index is -0.963. The molecule has 2 aromatic rings. The number of aromatic carboxylic acids is 1. The lowest BCUT2D eigenvalue weighted by atomic mass is 10.2. The van der Waals surface area contributed by atoms with Gasteiger partial charge in [-0.1, -0.05) is 18.2 Å². The molecule has 5 nitrogen and oxygen atoms in total. The minimum absolute atomic E-state index is 0.135. The number of aromatic nitrogens is 1. The first-order valence-corrected chi connectivity index (χ1v) is 7.36. The van der Waals surface area contributed by atoms with E-state index in [4.69, 9.17) is 5.11 Å². The summed E-state index contributed by atoms with van der Waals surface area (Å²) >= 11 is 1.40. The molecule has 1 aromatic carbocycles. The predicted octanol–water partition coefficient (Wildman–Crippen LogP) is 2.17. The molecule has 1 saturated heterocycles. The summed E-state index contributed by atoms with van der Waals surface area (Å²) in [5.74, 6) is -0.963. The maximum absolute atomic E-state index is 10.9. The molecule has 3 rings (SSSR count). The quantitative estimate of drug-likeness (QED) is 0.938. The van der Waals surface area contributed by atoms with Crippen molar-refractivity contribution in [3.05, 3.63) is 41.4 Å². The van der Waals surface area contributed by atoms with E-state index in [1.54, 1.807) is 5.38 Å². The highest BCUT2D eigenvalue weighted by Crippen LogP contribution is 2.23. The van der Waals surface area contributed by atoms with Gasteiger partial charge in [-0.3, -0.25) is 0 Å². The Balaban J connectivity index is 1.65. The average molecular weight is 289 g/mol. The summed E-state index contributed by atoms with van der Waals surface area (Å²) in [6, 6.07) is 10.3. The molecule has 20 heavy (non-hydrogen) atoms. The van der Waals surface area contributed by atoms with E-state index >= 15 is 0 Å². The zero-order valence-electron chi connectivity index (χ0n) is 10.9. The molecule has 0 bridgehead atoms. The molecule has 0 radical (unpaired) electrons. The van der Waals surface area contributed by atoms with Crippen molar-refractivity contribution in [2.75, 3.05) is 36.0 Å². The molecular formula is C14H15N3O2S. The predicted molar refractivity (Wildman–Crippen MR) is 79.9 cm³/mol. The topological polar surface area (TPSA) is 56.7 Å². The largest absolute Gasteiger partial charge is 0.476 e. The van der Waals surface area contributed by atoms with Crippen LogP contribution in [0.25, 0.3) is 0 Å². The van der Waals surface area contributed by atoms with E-state index < -0.39 is 5.97 Å². The average Bonchev–Trinajstić information content (AvgIpc) is 2.98. The molecule has 6 heteroatoms. The molecule has 0 spiro atoms. The van der Waals surface area contributed by atoms with Gasteiger partial charge in [-0.25, -0.2) is 9.78 Å². The van der Waals surface area contributed by atoms with Crippen LogP contribution < -0.4 is 9.80 Å². The second-order valence-electron chi connectivity index (χ2n) is 4.63. The standard InChI is InChI=1S/C14H15N3O2S/c18-13(19)12-10-20-14(15-12)17-8-6-16(7-9-17)11-4-2-1-3-5-11/h1-5,10H,6-9H2,(H,18,19). The van der Waals surface area contributed by atoms with Gasteiger partial charge in [0.15, 0.2) is 10.8 Å². The van der Waals surface area contributed by atoms with Gasteiger partial charge in [-0.2, -0.15) is 0 Å². The zero-order chi connectivity index (χ0) is 13.9. The number of carboxylic acid groups (broad SMARTS) is 1. The van der Waals surface area contributed by atoms with Crippen molar-refractivity contribution in [3.8, 4) is 0 Å². The number of thiazole rings is 1. The van der Waals surface area contributed by atoms with Gasteiger partial charge in [0.25, 0.3) is 0 Å². The Morgan fingerprint density at radius 3 is 2.35 bits per heavy atom. The smallest absolute Gasteiger partial charge is 0.355 e. The molecule has 2 heterocycles. The van der Waals surface area contributed by atoms with Crippen LogP contribution in [0.15, 0.2) is 35.7 Å². The van der Waals surface area contributed by atoms with Crippen molar-refractivity contribution in [1.29, 1.82) is 0 Å². The summed E-state index contributed by atoms with van der Waals surface area (Å²) in [5, 5.41) is 11.3. The Kier molecular flexibility index (Phi) is 3.56. The molecule has 1 fully saturated rings. The summed E-state index contributed by atoms with van der Waals surface area (Å²) in [5.41, 5.74) is 1.37. The lowest BCUT2D eigenvalue weighted by Crippen LogP contribution is -2.46. The maximum atomic E-state index is 10.9. The summed E-state index contributed by atoms with van der Waals surface area (Å²) in [6.45, 7) is 3.57. The first kappa shape index (κ1) is 12.9. The van der Waals surface area contributed by atoms with Crippen molar-refractivity contribution < 1.29 is 9.90 Å². The van der Waals surface area contributed by atoms with Gasteiger partial charge in [0.2, 0.25) is 0 Å². The number of para-hydroxylation sites is 1. The van der Waals surface area contributed by atoms with Crippen LogP contribution in [0.5, 0.6) is 0 Å². The zero-order valence-corrected chi connectivity index (χ0v) is 11.7. The molecule has 104 valence electrons. The number of benzene rings is 1. The number of hydrogen-bond donors (Lipinski definition) is 1. The number of carboxylic acids is 1. The summed E-state index contributed by atoms with van der Waals surface area (Å²) in [4.78, 5) is 19.5. The van der Waals surface area contributed by atoms with Crippen molar-refractivity contribution in [2.24, 2.45) is 0 Å². The van der Waals surface area contributed by atoms with E-state index in [1.165, 1.54) is 17.0 Å². The molecule has 0 atom stereocenters. The molecule has 1 aliphatic rings. The lowest BCUT2D eigenvalue weighted by molar-refractivity contribution is 0.0691. The van der Waals surface area contributed by atoms with Crippen LogP contribution in [0.1, 0.15) is 10.5 Å². The molecule has 0 aliphatic carbocycles. The van der Waals surface area contributed by atoms with Crippen LogP contribution in [-0.4, -0.2) is 42.2 Å². The van der Waals surface area contributed by atoms with E-state index in [0.717, 1.165) is 31.3 Å². The number of rotatable bonds is 3. The van der Waals surface area contributed by atoms with Crippen LogP contribution in [0.4, 0.5) is 10.8 Å². The SMILES string of the molecule is O=C(O)c1csc(N2CCN(c3ccccc3)CC2)n1. The van der Waals surface area contributed by atoms with Crippen LogP contribution in [-0.2, 0) is 0 Å². The molecule has 1 N–H and O–H groups in total. The van der Waals surface area contributed by atoms with Gasteiger partial charge < -0.3 is 14.9 Å². The molecule has 0 amide bonds. The van der Waals surface area contributed by atoms with Crippen molar-refractivity contribution in [3.63, 3.8) is 0 Å². The summed E-state index contributed by atoms with van der Waals surface area (Å²) in [6.07, 6.45) is 0. The van der Waals surface area contributed by atoms with Gasteiger partial charge >= 0.3 is 5.97 Å². The third kappa shape index (κ3) is 2.60. The van der Waals surface area contributed by atoms with E-state index in [1.807, 2.05) is 18.2 Å². The van der Waals surface area contributed by atoms with Crippen molar-refractivity contribution in [1.82, 2.24) is 4.98 Å². The molecule has 1 aromatic heterocycles. The highest BCUT2D eigenvalue weighted by molar-refractivity contribution is 7.13. The van der Waals surface area contributed by atoms with Gasteiger partial charge in [-0.15, -0.1) is 11.3 Å². The van der Waals surface area contributed by atoms with E-state index in [9.17, 15) is 4.79 Å². The maximum Gasteiger partial charge on any atom is 0.355 e. The first-order chi connectivity index (χ1) is 9.74. The normalized spacial score (nSPS) is 15.4. The van der Waals surface area contributed by atoms with Gasteiger partial charge in [0, 0.05) is 37.2 Å². The van der Waals surface area contributed by atoms with Crippen LogP contribution in [0, 0.1) is 0 Å². The monoisotopic (exact) mass is 289 g/mol. The van der Waals surface area contributed by atoms with Crippen LogP contribution >= 0.6 is 11.3 Å². The number of nitrogens with zero attached hydrogens (tertiary/aromatic N) is 3. The van der Waals surface area contributed by atoms with E-state index in [2.05, 4.69) is 26.9 Å². The van der Waals surface area contributed by atoms with E-state index in [0.29, 0.717) is 0 Å². The Bertz CT molecular complexity index is 591. The van der Waals surface area contributed by atoms with Crippen LogP contribution in [0.3, 0.4) is 0 Å². The highest BCUT2D eigenvalue weighted by Gasteiger charge is 2.20. The third-order valence-corrected chi connectivity index (χ3v) is 4.28. The summed E-state index contributed by atoms with van der Waals surface area (Å²) < 4.78 is 0. The second-order valence-corrected chi connectivity index (χ2v) is 5.47. The fourth-order valence-electron chi connectivity index (χ4n) is 2.30. The second kappa shape index (κ2) is 5.50. The number of anilines is 2. The molecule has 0 saturated carbocycles. The Labute approximate surface area is 121 Å². The summed E-state index contributed by atoms with van der Waals surface area (Å²) in [7, 11) is 0. The Morgan fingerprint density at radius 2 is 1.75 bits per heavy atom. The lowest BCUT2D eigenvalue weighted by Gasteiger charge is -2.35. The minimum Gasteiger partial charge on any atom is -0.476 e. The third-order valence-electron chi connectivity index (χ3n) is 3.38. The fraction of sp³-hybridized carbons (Fsp3) is 0.286. The molecule has 0 unspecified atom stereocenters. The fourth-order valence-corrected chi connectivity index (χ4v) is 3.16. The van der Waals surface area contributed by atoms with Crippen molar-refractivity contribution >= 4 is 28.1 Å². The molecular weight excluding hydrogens is 274 g/mol. The van der Waals surface area contributed by atoms with Gasteiger partial charge in [-0.05, 0) is 12.1 Å². The van der Waals surface area contributed by atoms with Gasteiger partial charge in [0.05, 0.1) is 0 Å². The highest BCUT2D eigenvalue weighted by atomic mass is 32.1. The van der Waals surface area contributed by atoms with Crippen LogP contribution in [0.2, 0.25) is 0 Å². The van der Waals surface area contributed by atoms with Crippen molar-refractivity contribution in [2.45, 2.75) is 0 Å². The number of piperazine rings is 1. The van der Waals surface area contributed by atoms with Gasteiger partial charge in [0.1, 0.15) is 0 Å². The van der Waals surface area contributed by atoms with E-state index in [-0.39, 0.29) is 5.69 Å². The Morgan fingerprint density at radius 1 is 1.10 bits per heavy atom. The first-order valence-electron chi connectivity index (χ1n) is 6.48. The number of carbonyl (C=O) groups is 1. The molecule has 1 aliphatic heterocycles. The number of hydrogen-bond acceptors (Lipinski definition) is 5. The Hall–Kier alpha value is -2.08.